The standard InChI is InChI=1S/C12H15FO/c1-8(14)10-7-9(13)5-6-11(10)12(2,3)4/h5-7H,1-4H3. The third kappa shape index (κ3) is 2.19. The molecule has 0 N–H and O–H groups in total. The molecule has 0 bridgehead atoms. The van der Waals surface area contributed by atoms with Gasteiger partial charge in [0.2, 0.25) is 0 Å². The van der Waals surface area contributed by atoms with Gasteiger partial charge < -0.3 is 0 Å². The molecule has 14 heavy (non-hydrogen) atoms. The zero-order valence-corrected chi connectivity index (χ0v) is 9.02. The van der Waals surface area contributed by atoms with Gasteiger partial charge in [-0.3, -0.25) is 4.79 Å². The van der Waals surface area contributed by atoms with Crippen LogP contribution in [-0.2, 0) is 5.41 Å². The number of hydrogen-bond acceptors (Lipinski definition) is 1. The molecule has 0 amide bonds. The molecule has 0 aliphatic carbocycles. The van der Waals surface area contributed by atoms with Crippen LogP contribution < -0.4 is 0 Å². The normalized spacial score (nSPS) is 11.5. The zero-order valence-electron chi connectivity index (χ0n) is 9.02. The molecule has 0 saturated carbocycles. The lowest BCUT2D eigenvalue weighted by Crippen LogP contribution is -2.16. The number of carbonyl (C=O) groups is 1. The van der Waals surface area contributed by atoms with Gasteiger partial charge in [-0.25, -0.2) is 4.39 Å². The van der Waals surface area contributed by atoms with Crippen LogP contribution in [0.1, 0.15) is 43.6 Å². The number of benzene rings is 1. The van der Waals surface area contributed by atoms with Crippen LogP contribution in [0.3, 0.4) is 0 Å². The summed E-state index contributed by atoms with van der Waals surface area (Å²) in [7, 11) is 0. The van der Waals surface area contributed by atoms with Crippen LogP contribution in [0.2, 0.25) is 0 Å². The van der Waals surface area contributed by atoms with Crippen molar-refractivity contribution in [1.29, 1.82) is 0 Å². The van der Waals surface area contributed by atoms with Gasteiger partial charge in [0, 0.05) is 5.56 Å². The molecule has 1 aromatic carbocycles. The third-order valence-electron chi connectivity index (χ3n) is 2.17. The minimum Gasteiger partial charge on any atom is -0.294 e. The number of rotatable bonds is 1. The summed E-state index contributed by atoms with van der Waals surface area (Å²) in [5.74, 6) is -0.447. The van der Waals surface area contributed by atoms with Crippen molar-refractivity contribution in [3.05, 3.63) is 35.1 Å². The van der Waals surface area contributed by atoms with Crippen molar-refractivity contribution in [1.82, 2.24) is 0 Å². The first-order valence-electron chi connectivity index (χ1n) is 4.63. The molecular formula is C12H15FO. The predicted molar refractivity (Wildman–Crippen MR) is 55.1 cm³/mol. The highest BCUT2D eigenvalue weighted by atomic mass is 19.1. The van der Waals surface area contributed by atoms with Gasteiger partial charge in [0.15, 0.2) is 5.78 Å². The van der Waals surface area contributed by atoms with Crippen LogP contribution >= 0.6 is 0 Å². The molecule has 0 saturated heterocycles. The average Bonchev–Trinajstić information content (AvgIpc) is 2.01. The third-order valence-corrected chi connectivity index (χ3v) is 2.17. The first-order chi connectivity index (χ1) is 6.32. The molecule has 1 rings (SSSR count). The molecule has 0 heterocycles. The van der Waals surface area contributed by atoms with Crippen molar-refractivity contribution in [2.45, 2.75) is 33.1 Å². The van der Waals surface area contributed by atoms with E-state index in [1.54, 1.807) is 6.07 Å². The van der Waals surface area contributed by atoms with Crippen LogP contribution in [0, 0.1) is 5.82 Å². The quantitative estimate of drug-likeness (QED) is 0.627. The second kappa shape index (κ2) is 3.52. The maximum atomic E-state index is 12.9. The highest BCUT2D eigenvalue weighted by Crippen LogP contribution is 2.26. The Labute approximate surface area is 83.9 Å². The second-order valence-corrected chi connectivity index (χ2v) is 4.50. The molecule has 0 unspecified atom stereocenters. The first-order valence-corrected chi connectivity index (χ1v) is 4.63. The van der Waals surface area contributed by atoms with Crippen LogP contribution in [0.25, 0.3) is 0 Å². The van der Waals surface area contributed by atoms with Crippen molar-refractivity contribution < 1.29 is 9.18 Å². The fourth-order valence-electron chi connectivity index (χ4n) is 1.46. The Hall–Kier alpha value is -1.18. The summed E-state index contributed by atoms with van der Waals surface area (Å²) in [5.41, 5.74) is 1.25. The predicted octanol–water partition coefficient (Wildman–Crippen LogP) is 3.33. The SMILES string of the molecule is CC(=O)c1cc(F)ccc1C(C)(C)C. The van der Waals surface area contributed by atoms with E-state index in [4.69, 9.17) is 0 Å². The van der Waals surface area contributed by atoms with E-state index in [1.807, 2.05) is 20.8 Å². The van der Waals surface area contributed by atoms with E-state index in [-0.39, 0.29) is 17.0 Å². The summed E-state index contributed by atoms with van der Waals surface area (Å²) >= 11 is 0. The van der Waals surface area contributed by atoms with Gasteiger partial charge in [0.05, 0.1) is 0 Å². The van der Waals surface area contributed by atoms with Gasteiger partial charge in [-0.05, 0) is 30.0 Å². The minimum absolute atomic E-state index is 0.0885. The molecule has 2 heteroatoms. The van der Waals surface area contributed by atoms with E-state index in [9.17, 15) is 9.18 Å². The molecule has 0 aromatic heterocycles. The molecule has 0 spiro atoms. The van der Waals surface area contributed by atoms with Crippen molar-refractivity contribution in [3.8, 4) is 0 Å². The number of carbonyl (C=O) groups excluding carboxylic acids is 1. The zero-order chi connectivity index (χ0) is 10.9. The average molecular weight is 194 g/mol. The Morgan fingerprint density at radius 1 is 1.29 bits per heavy atom. The molecule has 0 aliphatic rings. The number of hydrogen-bond donors (Lipinski definition) is 0. The summed E-state index contributed by atoms with van der Waals surface area (Å²) in [6.45, 7) is 7.48. The summed E-state index contributed by atoms with van der Waals surface area (Å²) < 4.78 is 12.9. The van der Waals surface area contributed by atoms with Gasteiger partial charge in [0.25, 0.3) is 0 Å². The maximum Gasteiger partial charge on any atom is 0.160 e. The lowest BCUT2D eigenvalue weighted by atomic mass is 9.83. The van der Waals surface area contributed by atoms with Gasteiger partial charge in [-0.2, -0.15) is 0 Å². The summed E-state index contributed by atoms with van der Waals surface area (Å²) in [4.78, 5) is 11.3. The molecule has 0 radical (unpaired) electrons. The van der Waals surface area contributed by atoms with E-state index in [1.165, 1.54) is 19.1 Å². The van der Waals surface area contributed by atoms with E-state index >= 15 is 0 Å². The largest absolute Gasteiger partial charge is 0.294 e. The van der Waals surface area contributed by atoms with Gasteiger partial charge in [-0.1, -0.05) is 26.8 Å². The molecule has 0 fully saturated rings. The van der Waals surface area contributed by atoms with Crippen molar-refractivity contribution in [2.75, 3.05) is 0 Å². The Morgan fingerprint density at radius 3 is 2.29 bits per heavy atom. The number of ketones is 1. The maximum absolute atomic E-state index is 12.9. The molecular weight excluding hydrogens is 179 g/mol. The van der Waals surface area contributed by atoms with E-state index < -0.39 is 0 Å². The monoisotopic (exact) mass is 194 g/mol. The van der Waals surface area contributed by atoms with Crippen LogP contribution in [0.4, 0.5) is 4.39 Å². The van der Waals surface area contributed by atoms with Gasteiger partial charge >= 0.3 is 0 Å². The fourth-order valence-corrected chi connectivity index (χ4v) is 1.46. The molecule has 1 aromatic rings. The highest BCUT2D eigenvalue weighted by molar-refractivity contribution is 5.95. The Morgan fingerprint density at radius 2 is 1.86 bits per heavy atom. The summed E-state index contributed by atoms with van der Waals surface area (Å²) in [5, 5.41) is 0. The minimum atomic E-state index is -0.358. The van der Waals surface area contributed by atoms with Crippen molar-refractivity contribution >= 4 is 5.78 Å². The lowest BCUT2D eigenvalue weighted by Gasteiger charge is -2.21. The van der Waals surface area contributed by atoms with E-state index in [2.05, 4.69) is 0 Å². The topological polar surface area (TPSA) is 17.1 Å². The Kier molecular flexibility index (Phi) is 2.74. The van der Waals surface area contributed by atoms with Crippen LogP contribution in [0.5, 0.6) is 0 Å². The molecule has 0 atom stereocenters. The lowest BCUT2D eigenvalue weighted by molar-refractivity contribution is 0.101. The highest BCUT2D eigenvalue weighted by Gasteiger charge is 2.20. The molecule has 1 nitrogen and oxygen atoms in total. The number of halogens is 1. The Balaban J connectivity index is 3.37. The van der Waals surface area contributed by atoms with Gasteiger partial charge in [0.1, 0.15) is 5.82 Å². The molecule has 0 aliphatic heterocycles. The summed E-state index contributed by atoms with van der Waals surface area (Å²) in [6, 6.07) is 4.39. The smallest absolute Gasteiger partial charge is 0.160 e. The fraction of sp³-hybridized carbons (Fsp3) is 0.417. The number of Topliss-reactive ketones (excluding diaryl/α,β-unsaturated/α-hetero) is 1. The van der Waals surface area contributed by atoms with Gasteiger partial charge in [-0.15, -0.1) is 0 Å². The first kappa shape index (κ1) is 10.9. The van der Waals surface area contributed by atoms with Crippen LogP contribution in [-0.4, -0.2) is 5.78 Å². The van der Waals surface area contributed by atoms with E-state index in [0.717, 1.165) is 5.56 Å². The molecule has 76 valence electrons. The Bertz CT molecular complexity index is 361. The van der Waals surface area contributed by atoms with E-state index in [0.29, 0.717) is 5.56 Å². The van der Waals surface area contributed by atoms with Crippen LogP contribution in [0.15, 0.2) is 18.2 Å². The second-order valence-electron chi connectivity index (χ2n) is 4.50. The van der Waals surface area contributed by atoms with Crippen molar-refractivity contribution in [2.24, 2.45) is 0 Å². The van der Waals surface area contributed by atoms with Crippen molar-refractivity contribution in [3.63, 3.8) is 0 Å². The summed E-state index contributed by atoms with van der Waals surface area (Å²) in [6.07, 6.45) is 0.